The first-order valence-corrected chi connectivity index (χ1v) is 10.9. The summed E-state index contributed by atoms with van der Waals surface area (Å²) in [5.41, 5.74) is 4.60. The Morgan fingerprint density at radius 1 is 0.941 bits per heavy atom. The van der Waals surface area contributed by atoms with Gasteiger partial charge in [-0.3, -0.25) is 4.79 Å². The molecule has 1 heterocycles. The molecule has 6 nitrogen and oxygen atoms in total. The predicted octanol–water partition coefficient (Wildman–Crippen LogP) is 6.82. The molecule has 0 atom stereocenters. The average Bonchev–Trinajstić information content (AvgIpc) is 3.26. The molecule has 0 aliphatic heterocycles. The zero-order chi connectivity index (χ0) is 24.2. The second-order valence-corrected chi connectivity index (χ2v) is 8.02. The van der Waals surface area contributed by atoms with E-state index in [1.54, 1.807) is 45.8 Å². The number of anilines is 1. The predicted molar refractivity (Wildman–Crippen MR) is 135 cm³/mol. The maximum absolute atomic E-state index is 12.8. The summed E-state index contributed by atoms with van der Waals surface area (Å²) in [6, 6.07) is 16.5. The van der Waals surface area contributed by atoms with Crippen LogP contribution >= 0.6 is 11.6 Å². The van der Waals surface area contributed by atoms with Gasteiger partial charge in [-0.25, -0.2) is 0 Å². The number of halogens is 1. The van der Waals surface area contributed by atoms with E-state index in [0.29, 0.717) is 33.5 Å². The molecule has 0 spiro atoms. The van der Waals surface area contributed by atoms with Crippen molar-refractivity contribution in [2.45, 2.75) is 6.92 Å². The van der Waals surface area contributed by atoms with Gasteiger partial charge in [-0.15, -0.1) is 0 Å². The van der Waals surface area contributed by atoms with Gasteiger partial charge in [0.1, 0.15) is 22.8 Å². The maximum Gasteiger partial charge on any atom is 0.248 e. The van der Waals surface area contributed by atoms with Gasteiger partial charge < -0.3 is 23.9 Å². The number of carbonyl (C=O) groups excluding carboxylic acids is 1. The van der Waals surface area contributed by atoms with Crippen molar-refractivity contribution >= 4 is 39.7 Å². The van der Waals surface area contributed by atoms with Crippen LogP contribution < -0.4 is 19.5 Å². The third-order valence-corrected chi connectivity index (χ3v) is 5.74. The van der Waals surface area contributed by atoms with Gasteiger partial charge in [0.05, 0.1) is 33.3 Å². The molecule has 4 aromatic rings. The van der Waals surface area contributed by atoms with E-state index in [1.165, 1.54) is 6.08 Å². The Labute approximate surface area is 202 Å². The lowest BCUT2D eigenvalue weighted by Crippen LogP contribution is -2.10. The molecule has 0 radical (unpaired) electrons. The maximum atomic E-state index is 12.8. The van der Waals surface area contributed by atoms with Crippen LogP contribution in [0.1, 0.15) is 12.5 Å². The number of nitrogens with one attached hydrogen (secondary N) is 1. The number of ether oxygens (including phenoxy) is 3. The Hall–Kier alpha value is -3.90. The smallest absolute Gasteiger partial charge is 0.248 e. The Morgan fingerprint density at radius 2 is 1.68 bits per heavy atom. The molecule has 0 saturated heterocycles. The van der Waals surface area contributed by atoms with Crippen LogP contribution in [0.4, 0.5) is 5.69 Å². The third-order valence-electron chi connectivity index (χ3n) is 5.49. The summed E-state index contributed by atoms with van der Waals surface area (Å²) >= 11 is 6.04. The molecule has 7 heteroatoms. The van der Waals surface area contributed by atoms with Crippen LogP contribution in [0.25, 0.3) is 27.7 Å². The number of methoxy groups -OCH3 is 3. The zero-order valence-electron chi connectivity index (χ0n) is 19.3. The lowest BCUT2D eigenvalue weighted by Gasteiger charge is -2.12. The summed E-state index contributed by atoms with van der Waals surface area (Å²) in [4.78, 5) is 12.8. The molecule has 34 heavy (non-hydrogen) atoms. The second-order valence-electron chi connectivity index (χ2n) is 7.59. The minimum atomic E-state index is -0.309. The third kappa shape index (κ3) is 4.72. The first-order chi connectivity index (χ1) is 16.4. The van der Waals surface area contributed by atoms with Gasteiger partial charge in [0.15, 0.2) is 0 Å². The second kappa shape index (κ2) is 9.93. The quantitative estimate of drug-likeness (QED) is 0.296. The van der Waals surface area contributed by atoms with Crippen LogP contribution in [0, 0.1) is 0 Å². The summed E-state index contributed by atoms with van der Waals surface area (Å²) in [6.45, 7) is 1.86. The summed E-state index contributed by atoms with van der Waals surface area (Å²) in [7, 11) is 4.69. The first-order valence-electron chi connectivity index (χ1n) is 10.5. The minimum Gasteiger partial charge on any atom is -0.497 e. The highest BCUT2D eigenvalue weighted by Crippen LogP contribution is 2.38. The SMILES string of the molecule is COc1ccc(OC)c(NC(=O)/C=C(\C)c2cc3c(-c4ccc(Cl)cc4)coc3cc2OC)c1. The average molecular weight is 478 g/mol. The van der Waals surface area contributed by atoms with E-state index in [9.17, 15) is 4.79 Å². The van der Waals surface area contributed by atoms with Crippen LogP contribution in [0.5, 0.6) is 17.2 Å². The Bertz CT molecular complexity index is 1370. The lowest BCUT2D eigenvalue weighted by atomic mass is 9.99. The van der Waals surface area contributed by atoms with Gasteiger partial charge in [0.25, 0.3) is 0 Å². The van der Waals surface area contributed by atoms with Crippen molar-refractivity contribution in [3.05, 3.63) is 77.5 Å². The molecule has 1 N–H and O–H groups in total. The fraction of sp³-hybridized carbons (Fsp3) is 0.148. The van der Waals surface area contributed by atoms with Crippen LogP contribution in [0.15, 0.2) is 71.4 Å². The van der Waals surface area contributed by atoms with Crippen LogP contribution in [-0.4, -0.2) is 27.2 Å². The summed E-state index contributed by atoms with van der Waals surface area (Å²) < 4.78 is 22.0. The van der Waals surface area contributed by atoms with Crippen molar-refractivity contribution < 1.29 is 23.4 Å². The van der Waals surface area contributed by atoms with E-state index < -0.39 is 0 Å². The number of allylic oxidation sites excluding steroid dienone is 1. The van der Waals surface area contributed by atoms with Crippen molar-refractivity contribution in [3.63, 3.8) is 0 Å². The van der Waals surface area contributed by atoms with E-state index in [4.69, 9.17) is 30.2 Å². The molecule has 0 fully saturated rings. The monoisotopic (exact) mass is 477 g/mol. The minimum absolute atomic E-state index is 0.309. The van der Waals surface area contributed by atoms with Crippen molar-refractivity contribution in [3.8, 4) is 28.4 Å². The van der Waals surface area contributed by atoms with Gasteiger partial charge in [0, 0.05) is 39.7 Å². The number of fused-ring (bicyclic) bond motifs is 1. The van der Waals surface area contributed by atoms with E-state index in [1.807, 2.05) is 43.3 Å². The van der Waals surface area contributed by atoms with E-state index in [2.05, 4.69) is 5.32 Å². The highest BCUT2D eigenvalue weighted by Gasteiger charge is 2.15. The first kappa shape index (κ1) is 23.3. The molecule has 4 rings (SSSR count). The summed E-state index contributed by atoms with van der Waals surface area (Å²) in [5.74, 6) is 1.44. The number of carbonyl (C=O) groups is 1. The standard InChI is InChI=1S/C27H24ClNO5/c1-16(11-27(30)29-23-12-19(31-2)9-10-24(23)32-3)20-13-21-22(17-5-7-18(28)8-6-17)15-34-26(21)14-25(20)33-4/h5-15H,1-4H3,(H,29,30)/b16-11+. The number of benzene rings is 3. The lowest BCUT2D eigenvalue weighted by molar-refractivity contribution is -0.111. The Kier molecular flexibility index (Phi) is 6.80. The summed E-state index contributed by atoms with van der Waals surface area (Å²) in [6.07, 6.45) is 3.22. The van der Waals surface area contributed by atoms with Crippen LogP contribution in [0.2, 0.25) is 5.02 Å². The number of hydrogen-bond donors (Lipinski definition) is 1. The number of rotatable bonds is 7. The topological polar surface area (TPSA) is 69.9 Å². The van der Waals surface area contributed by atoms with Crippen molar-refractivity contribution in [2.75, 3.05) is 26.6 Å². The Balaban J connectivity index is 1.70. The molecule has 0 bridgehead atoms. The molecule has 0 saturated carbocycles. The van der Waals surface area contributed by atoms with E-state index in [-0.39, 0.29) is 5.91 Å². The summed E-state index contributed by atoms with van der Waals surface area (Å²) in [5, 5.41) is 4.42. The van der Waals surface area contributed by atoms with Gasteiger partial charge >= 0.3 is 0 Å². The van der Waals surface area contributed by atoms with E-state index in [0.717, 1.165) is 27.6 Å². The molecule has 0 aliphatic rings. The van der Waals surface area contributed by atoms with Crippen molar-refractivity contribution in [2.24, 2.45) is 0 Å². The molecule has 0 unspecified atom stereocenters. The van der Waals surface area contributed by atoms with Gasteiger partial charge in [-0.1, -0.05) is 23.7 Å². The highest BCUT2D eigenvalue weighted by molar-refractivity contribution is 6.30. The van der Waals surface area contributed by atoms with Gasteiger partial charge in [-0.05, 0) is 48.4 Å². The zero-order valence-corrected chi connectivity index (χ0v) is 20.0. The fourth-order valence-electron chi connectivity index (χ4n) is 3.74. The molecular weight excluding hydrogens is 454 g/mol. The highest BCUT2D eigenvalue weighted by atomic mass is 35.5. The molecule has 1 aromatic heterocycles. The number of furan rings is 1. The number of amides is 1. The fourth-order valence-corrected chi connectivity index (χ4v) is 3.87. The van der Waals surface area contributed by atoms with Gasteiger partial charge in [0.2, 0.25) is 5.91 Å². The molecule has 1 amide bonds. The normalized spacial score (nSPS) is 11.4. The van der Waals surface area contributed by atoms with Gasteiger partial charge in [-0.2, -0.15) is 0 Å². The largest absolute Gasteiger partial charge is 0.497 e. The van der Waals surface area contributed by atoms with Crippen LogP contribution in [0.3, 0.4) is 0 Å². The van der Waals surface area contributed by atoms with Crippen molar-refractivity contribution in [1.82, 2.24) is 0 Å². The van der Waals surface area contributed by atoms with Crippen LogP contribution in [-0.2, 0) is 4.79 Å². The molecule has 3 aromatic carbocycles. The molecule has 174 valence electrons. The van der Waals surface area contributed by atoms with E-state index >= 15 is 0 Å². The number of hydrogen-bond acceptors (Lipinski definition) is 5. The Morgan fingerprint density at radius 3 is 2.35 bits per heavy atom. The molecule has 0 aliphatic carbocycles. The van der Waals surface area contributed by atoms with Crippen molar-refractivity contribution in [1.29, 1.82) is 0 Å². The molecular formula is C27H24ClNO5.